The first kappa shape index (κ1) is 20.8. The van der Waals surface area contributed by atoms with Crippen LogP contribution in [0.5, 0.6) is 0 Å². The lowest BCUT2D eigenvalue weighted by molar-refractivity contribution is -0.111. The van der Waals surface area contributed by atoms with Gasteiger partial charge in [-0.25, -0.2) is 4.98 Å². The number of fused-ring (bicyclic) bond motifs is 1. The number of oxazole rings is 1. The molecule has 5 nitrogen and oxygen atoms in total. The molecule has 0 radical (unpaired) electrons. The number of hydrogen-bond donors (Lipinski definition) is 1. The minimum absolute atomic E-state index is 0.280. The Bertz CT molecular complexity index is 1480. The minimum atomic E-state index is -0.280. The molecule has 0 atom stereocenters. The van der Waals surface area contributed by atoms with E-state index < -0.39 is 0 Å². The van der Waals surface area contributed by atoms with Crippen molar-refractivity contribution >= 4 is 40.4 Å². The Morgan fingerprint density at radius 1 is 0.939 bits per heavy atom. The number of carbonyl (C=O) groups is 1. The first-order chi connectivity index (χ1) is 16.0. The van der Waals surface area contributed by atoms with Gasteiger partial charge in [-0.2, -0.15) is 0 Å². The van der Waals surface area contributed by atoms with E-state index in [1.165, 1.54) is 6.08 Å². The summed E-state index contributed by atoms with van der Waals surface area (Å²) in [5.74, 6) is 1.51. The van der Waals surface area contributed by atoms with Crippen molar-refractivity contribution in [3.05, 3.63) is 101 Å². The predicted octanol–water partition coefficient (Wildman–Crippen LogP) is 7.37. The maximum Gasteiger partial charge on any atom is 0.248 e. The Kier molecular flexibility index (Phi) is 5.55. The van der Waals surface area contributed by atoms with E-state index in [1.807, 2.05) is 61.5 Å². The number of nitrogens with zero attached hydrogens (tertiary/aromatic N) is 1. The van der Waals surface area contributed by atoms with E-state index >= 15 is 0 Å². The van der Waals surface area contributed by atoms with Gasteiger partial charge in [-0.3, -0.25) is 4.79 Å². The number of carbonyl (C=O) groups excluding carboxylic acids is 1. The first-order valence-corrected chi connectivity index (χ1v) is 10.7. The van der Waals surface area contributed by atoms with Crippen molar-refractivity contribution in [2.75, 3.05) is 5.32 Å². The fourth-order valence-electron chi connectivity index (χ4n) is 3.39. The Morgan fingerprint density at radius 2 is 1.79 bits per heavy atom. The highest BCUT2D eigenvalue weighted by molar-refractivity contribution is 6.31. The summed E-state index contributed by atoms with van der Waals surface area (Å²) in [6.07, 6.45) is 3.05. The van der Waals surface area contributed by atoms with Crippen molar-refractivity contribution in [1.82, 2.24) is 4.98 Å². The number of rotatable bonds is 5. The van der Waals surface area contributed by atoms with Crippen LogP contribution in [0.25, 0.3) is 40.0 Å². The molecule has 6 heteroatoms. The Labute approximate surface area is 195 Å². The van der Waals surface area contributed by atoms with Crippen LogP contribution in [-0.2, 0) is 4.79 Å². The van der Waals surface area contributed by atoms with Crippen molar-refractivity contribution in [1.29, 1.82) is 0 Å². The zero-order chi connectivity index (χ0) is 22.8. The fraction of sp³-hybridized carbons (Fsp3) is 0.0370. The van der Waals surface area contributed by atoms with Crippen molar-refractivity contribution in [3.8, 4) is 22.8 Å². The standard InChI is InChI=1S/C27H19ClN2O3/c1-17-7-8-19(15-22(17)28)24-13-10-21(32-24)11-14-26(31)29-20-9-12-25-23(16-20)30-27(33-25)18-5-3-2-4-6-18/h2-16H,1H3,(H,29,31)/b14-11+. The van der Waals surface area contributed by atoms with E-state index in [0.717, 1.165) is 16.7 Å². The molecule has 0 aliphatic rings. The quantitative estimate of drug-likeness (QED) is 0.281. The molecule has 2 heterocycles. The second-order valence-electron chi connectivity index (χ2n) is 7.56. The Balaban J connectivity index is 1.28. The van der Waals surface area contributed by atoms with Gasteiger partial charge in [0, 0.05) is 27.9 Å². The minimum Gasteiger partial charge on any atom is -0.457 e. The van der Waals surface area contributed by atoms with Crippen LogP contribution in [0.1, 0.15) is 11.3 Å². The van der Waals surface area contributed by atoms with Gasteiger partial charge in [0.25, 0.3) is 0 Å². The van der Waals surface area contributed by atoms with E-state index in [2.05, 4.69) is 10.3 Å². The summed E-state index contributed by atoms with van der Waals surface area (Å²) in [6.45, 7) is 1.95. The van der Waals surface area contributed by atoms with E-state index in [9.17, 15) is 4.79 Å². The Hall–Kier alpha value is -4.09. The number of aromatic nitrogens is 1. The molecule has 5 rings (SSSR count). The maximum absolute atomic E-state index is 12.4. The molecule has 0 unspecified atom stereocenters. The predicted molar refractivity (Wildman–Crippen MR) is 131 cm³/mol. The third-order valence-electron chi connectivity index (χ3n) is 5.16. The second kappa shape index (κ2) is 8.81. The van der Waals surface area contributed by atoms with Crippen molar-refractivity contribution in [3.63, 3.8) is 0 Å². The van der Waals surface area contributed by atoms with E-state index in [0.29, 0.717) is 39.2 Å². The van der Waals surface area contributed by atoms with Gasteiger partial charge in [0.1, 0.15) is 17.0 Å². The zero-order valence-electron chi connectivity index (χ0n) is 17.7. The first-order valence-electron chi connectivity index (χ1n) is 10.4. The molecule has 0 aliphatic heterocycles. The van der Waals surface area contributed by atoms with Gasteiger partial charge in [-0.15, -0.1) is 0 Å². The summed E-state index contributed by atoms with van der Waals surface area (Å²) in [5.41, 5.74) is 4.73. The van der Waals surface area contributed by atoms with E-state index in [-0.39, 0.29) is 5.91 Å². The van der Waals surface area contributed by atoms with Crippen LogP contribution in [0.3, 0.4) is 0 Å². The average Bonchev–Trinajstić information content (AvgIpc) is 3.47. The van der Waals surface area contributed by atoms with Crippen molar-refractivity contribution in [2.24, 2.45) is 0 Å². The number of amides is 1. The van der Waals surface area contributed by atoms with Crippen LogP contribution in [0.15, 0.2) is 93.8 Å². The molecule has 0 spiro atoms. The zero-order valence-corrected chi connectivity index (χ0v) is 18.5. The SMILES string of the molecule is Cc1ccc(-c2ccc(/C=C/C(=O)Nc3ccc4oc(-c5ccccc5)nc4c3)o2)cc1Cl. The smallest absolute Gasteiger partial charge is 0.248 e. The molecule has 33 heavy (non-hydrogen) atoms. The van der Waals surface area contributed by atoms with Gasteiger partial charge in [0.05, 0.1) is 0 Å². The topological polar surface area (TPSA) is 68.3 Å². The van der Waals surface area contributed by atoms with Crippen LogP contribution in [-0.4, -0.2) is 10.9 Å². The molecular formula is C27H19ClN2O3. The molecule has 162 valence electrons. The molecule has 3 aromatic carbocycles. The largest absolute Gasteiger partial charge is 0.457 e. The lowest BCUT2D eigenvalue weighted by atomic mass is 10.1. The highest BCUT2D eigenvalue weighted by Crippen LogP contribution is 2.28. The number of halogens is 1. The number of furan rings is 1. The summed E-state index contributed by atoms with van der Waals surface area (Å²) in [6, 6.07) is 24.4. The van der Waals surface area contributed by atoms with E-state index in [4.69, 9.17) is 20.4 Å². The number of nitrogens with one attached hydrogen (secondary N) is 1. The highest BCUT2D eigenvalue weighted by atomic mass is 35.5. The van der Waals surface area contributed by atoms with E-state index in [1.54, 1.807) is 30.3 Å². The van der Waals surface area contributed by atoms with Gasteiger partial charge >= 0.3 is 0 Å². The molecular weight excluding hydrogens is 436 g/mol. The van der Waals surface area contributed by atoms with Crippen LogP contribution in [0.2, 0.25) is 5.02 Å². The molecule has 1 amide bonds. The third-order valence-corrected chi connectivity index (χ3v) is 5.57. The number of aryl methyl sites for hydroxylation is 1. The molecule has 0 bridgehead atoms. The van der Waals surface area contributed by atoms with Crippen LogP contribution in [0.4, 0.5) is 5.69 Å². The fourth-order valence-corrected chi connectivity index (χ4v) is 3.58. The summed E-state index contributed by atoms with van der Waals surface area (Å²) in [4.78, 5) is 16.9. The molecule has 5 aromatic rings. The van der Waals surface area contributed by atoms with Gasteiger partial charge in [0.15, 0.2) is 5.58 Å². The molecule has 0 saturated heterocycles. The lowest BCUT2D eigenvalue weighted by Gasteiger charge is -2.01. The molecule has 0 aliphatic carbocycles. The maximum atomic E-state index is 12.4. The molecule has 2 aromatic heterocycles. The Morgan fingerprint density at radius 3 is 2.61 bits per heavy atom. The molecule has 0 saturated carbocycles. The summed E-state index contributed by atoms with van der Waals surface area (Å²) in [5, 5.41) is 3.52. The van der Waals surface area contributed by atoms with Crippen molar-refractivity contribution in [2.45, 2.75) is 6.92 Å². The van der Waals surface area contributed by atoms with Gasteiger partial charge in [-0.1, -0.05) is 41.9 Å². The van der Waals surface area contributed by atoms with Crippen molar-refractivity contribution < 1.29 is 13.6 Å². The normalized spacial score (nSPS) is 11.3. The van der Waals surface area contributed by atoms with Gasteiger partial charge < -0.3 is 14.2 Å². The summed E-state index contributed by atoms with van der Waals surface area (Å²) >= 11 is 6.20. The van der Waals surface area contributed by atoms with Crippen LogP contribution < -0.4 is 5.32 Å². The summed E-state index contributed by atoms with van der Waals surface area (Å²) < 4.78 is 11.6. The monoisotopic (exact) mass is 454 g/mol. The second-order valence-corrected chi connectivity index (χ2v) is 7.96. The van der Waals surface area contributed by atoms with Gasteiger partial charge in [-0.05, 0) is 67.1 Å². The third kappa shape index (κ3) is 4.59. The summed E-state index contributed by atoms with van der Waals surface area (Å²) in [7, 11) is 0. The molecule has 0 fully saturated rings. The van der Waals surface area contributed by atoms with Gasteiger partial charge in [0.2, 0.25) is 11.8 Å². The van der Waals surface area contributed by atoms with Crippen LogP contribution >= 0.6 is 11.6 Å². The van der Waals surface area contributed by atoms with Crippen LogP contribution in [0, 0.1) is 6.92 Å². The number of hydrogen-bond acceptors (Lipinski definition) is 4. The average molecular weight is 455 g/mol. The molecule has 1 N–H and O–H groups in total. The highest BCUT2D eigenvalue weighted by Gasteiger charge is 2.10. The number of anilines is 1. The number of benzene rings is 3. The lowest BCUT2D eigenvalue weighted by Crippen LogP contribution is -2.07.